The Morgan fingerprint density at radius 2 is 1.81 bits per heavy atom. The largest absolute Gasteiger partial charge is 0.492 e. The fourth-order valence-electron chi connectivity index (χ4n) is 3.79. The van der Waals surface area contributed by atoms with E-state index in [1.807, 2.05) is 30.3 Å². The van der Waals surface area contributed by atoms with E-state index in [2.05, 4.69) is 11.9 Å². The monoisotopic (exact) mass is 416 g/mol. The lowest BCUT2D eigenvalue weighted by Crippen LogP contribution is -2.18. The average molecular weight is 416 g/mol. The molecule has 2 N–H and O–H groups in total. The second-order valence-electron chi connectivity index (χ2n) is 7.46. The number of carbonyl (C=O) groups excluding carboxylic acids is 2. The number of ketones is 1. The Morgan fingerprint density at radius 3 is 2.48 bits per heavy atom. The molecule has 0 radical (unpaired) electrons. The highest BCUT2D eigenvalue weighted by atomic mass is 16.5. The fourth-order valence-corrected chi connectivity index (χ4v) is 3.79. The van der Waals surface area contributed by atoms with Crippen LogP contribution in [0.5, 0.6) is 11.5 Å². The lowest BCUT2D eigenvalue weighted by molar-refractivity contribution is 0.0930. The van der Waals surface area contributed by atoms with Crippen LogP contribution in [-0.2, 0) is 6.42 Å². The zero-order valence-electron chi connectivity index (χ0n) is 17.3. The number of nitrogens with two attached hydrogens (primary N) is 1. The molecule has 1 aliphatic heterocycles. The third-order valence-corrected chi connectivity index (χ3v) is 5.35. The van der Waals surface area contributed by atoms with Gasteiger partial charge in [0.05, 0.1) is 12.2 Å². The van der Waals surface area contributed by atoms with Crippen molar-refractivity contribution in [3.63, 3.8) is 0 Å². The van der Waals surface area contributed by atoms with Gasteiger partial charge in [0, 0.05) is 29.9 Å². The molecule has 31 heavy (non-hydrogen) atoms. The number of hydrogen-bond donors (Lipinski definition) is 1. The molecule has 0 spiro atoms. The van der Waals surface area contributed by atoms with Gasteiger partial charge in [-0.15, -0.1) is 0 Å². The topological polar surface area (TPSA) is 91.5 Å². The molecule has 2 heterocycles. The maximum Gasteiger partial charge on any atom is 0.248 e. The molecule has 0 saturated heterocycles. The number of nitrogens with zero attached hydrogens (tertiary/aromatic N) is 1. The first-order valence-corrected chi connectivity index (χ1v) is 10.4. The van der Waals surface area contributed by atoms with Gasteiger partial charge in [0.25, 0.3) is 0 Å². The SMILES string of the molecule is CCCc1c(OC(c2ccncc2)c2ccc(C(N)=O)cc2)ccc2c1OCCC2=O. The van der Waals surface area contributed by atoms with Crippen LogP contribution in [0.4, 0.5) is 0 Å². The third-order valence-electron chi connectivity index (χ3n) is 5.35. The molecule has 4 rings (SSSR count). The van der Waals surface area contributed by atoms with Gasteiger partial charge in [-0.2, -0.15) is 0 Å². The first-order valence-electron chi connectivity index (χ1n) is 10.4. The molecule has 158 valence electrons. The number of ether oxygens (including phenoxy) is 2. The minimum absolute atomic E-state index is 0.0953. The highest BCUT2D eigenvalue weighted by molar-refractivity contribution is 6.00. The van der Waals surface area contributed by atoms with Gasteiger partial charge in [-0.3, -0.25) is 14.6 Å². The van der Waals surface area contributed by atoms with Crippen molar-refractivity contribution in [2.24, 2.45) is 5.73 Å². The summed E-state index contributed by atoms with van der Waals surface area (Å²) < 4.78 is 12.4. The Hall–Kier alpha value is -3.67. The Morgan fingerprint density at radius 1 is 1.10 bits per heavy atom. The molecule has 3 aromatic rings. The summed E-state index contributed by atoms with van der Waals surface area (Å²) in [5.41, 5.74) is 9.13. The van der Waals surface area contributed by atoms with E-state index in [1.54, 1.807) is 30.6 Å². The standard InChI is InChI=1S/C25H24N2O4/c1-2-3-20-22(9-8-19-21(28)12-15-30-24(19)20)31-23(17-10-13-27-14-11-17)16-4-6-18(7-5-16)25(26)29/h4-11,13-14,23H,2-3,12,15H2,1H3,(H2,26,29). The molecule has 1 aromatic heterocycles. The zero-order valence-corrected chi connectivity index (χ0v) is 17.3. The molecule has 1 unspecified atom stereocenters. The summed E-state index contributed by atoms with van der Waals surface area (Å²) >= 11 is 0. The van der Waals surface area contributed by atoms with Crippen molar-refractivity contribution in [2.75, 3.05) is 6.61 Å². The maximum absolute atomic E-state index is 12.3. The lowest BCUT2D eigenvalue weighted by Gasteiger charge is -2.25. The highest BCUT2D eigenvalue weighted by Crippen LogP contribution is 2.39. The number of fused-ring (bicyclic) bond motifs is 1. The summed E-state index contributed by atoms with van der Waals surface area (Å²) in [5, 5.41) is 0. The number of hydrogen-bond acceptors (Lipinski definition) is 5. The fraction of sp³-hybridized carbons (Fsp3) is 0.240. The van der Waals surface area contributed by atoms with Gasteiger partial charge in [-0.25, -0.2) is 0 Å². The highest BCUT2D eigenvalue weighted by Gasteiger charge is 2.26. The Kier molecular flexibility index (Phi) is 5.98. The lowest BCUT2D eigenvalue weighted by atomic mass is 9.97. The summed E-state index contributed by atoms with van der Waals surface area (Å²) in [6.45, 7) is 2.46. The molecule has 0 bridgehead atoms. The van der Waals surface area contributed by atoms with Crippen LogP contribution in [0, 0.1) is 0 Å². The van der Waals surface area contributed by atoms with E-state index in [4.69, 9.17) is 15.2 Å². The van der Waals surface area contributed by atoms with Crippen LogP contribution in [0.25, 0.3) is 0 Å². The molecule has 0 aliphatic carbocycles. The number of Topliss-reactive ketones (excluding diaryl/α,β-unsaturated/α-hetero) is 1. The van der Waals surface area contributed by atoms with Gasteiger partial charge >= 0.3 is 0 Å². The quantitative estimate of drug-likeness (QED) is 0.621. The van der Waals surface area contributed by atoms with Crippen LogP contribution < -0.4 is 15.2 Å². The average Bonchev–Trinajstić information content (AvgIpc) is 2.79. The predicted molar refractivity (Wildman–Crippen MR) is 117 cm³/mol. The van der Waals surface area contributed by atoms with E-state index in [0.717, 1.165) is 29.5 Å². The van der Waals surface area contributed by atoms with Crippen molar-refractivity contribution in [1.29, 1.82) is 0 Å². The maximum atomic E-state index is 12.3. The first-order chi connectivity index (χ1) is 15.1. The van der Waals surface area contributed by atoms with Gasteiger partial charge < -0.3 is 15.2 Å². The smallest absolute Gasteiger partial charge is 0.248 e. The number of rotatable bonds is 7. The van der Waals surface area contributed by atoms with Gasteiger partial charge in [-0.05, 0) is 53.9 Å². The van der Waals surface area contributed by atoms with Crippen molar-refractivity contribution in [3.05, 3.63) is 88.7 Å². The normalized spacial score (nSPS) is 13.8. The minimum Gasteiger partial charge on any atom is -0.492 e. The molecule has 6 heteroatoms. The van der Waals surface area contributed by atoms with E-state index in [1.165, 1.54) is 0 Å². The van der Waals surface area contributed by atoms with Crippen molar-refractivity contribution in [2.45, 2.75) is 32.3 Å². The number of primary amides is 1. The number of pyridine rings is 1. The van der Waals surface area contributed by atoms with Crippen LogP contribution in [0.3, 0.4) is 0 Å². The number of benzene rings is 2. The van der Waals surface area contributed by atoms with Crippen LogP contribution in [0.15, 0.2) is 60.9 Å². The van der Waals surface area contributed by atoms with Gasteiger partial charge in [0.15, 0.2) is 5.78 Å². The van der Waals surface area contributed by atoms with Crippen LogP contribution in [0.2, 0.25) is 0 Å². The molecule has 6 nitrogen and oxygen atoms in total. The molecular formula is C25H24N2O4. The molecule has 1 atom stereocenters. The Labute approximate surface area is 181 Å². The summed E-state index contributed by atoms with van der Waals surface area (Å²) in [7, 11) is 0. The number of amides is 1. The minimum atomic E-state index is -0.477. The first kappa shape index (κ1) is 20.6. The molecule has 2 aromatic carbocycles. The van der Waals surface area contributed by atoms with E-state index >= 15 is 0 Å². The second-order valence-corrected chi connectivity index (χ2v) is 7.46. The third kappa shape index (κ3) is 4.28. The van der Waals surface area contributed by atoms with Gasteiger partial charge in [-0.1, -0.05) is 25.5 Å². The van der Waals surface area contributed by atoms with Gasteiger partial charge in [0.2, 0.25) is 5.91 Å². The zero-order chi connectivity index (χ0) is 21.8. The van der Waals surface area contributed by atoms with Crippen molar-refractivity contribution in [1.82, 2.24) is 4.98 Å². The Balaban J connectivity index is 1.77. The van der Waals surface area contributed by atoms with E-state index in [9.17, 15) is 9.59 Å². The predicted octanol–water partition coefficient (Wildman–Crippen LogP) is 4.27. The van der Waals surface area contributed by atoms with E-state index in [-0.39, 0.29) is 5.78 Å². The van der Waals surface area contributed by atoms with E-state index in [0.29, 0.717) is 35.7 Å². The molecule has 0 fully saturated rings. The number of aromatic nitrogens is 1. The molecule has 0 saturated carbocycles. The van der Waals surface area contributed by atoms with Crippen molar-refractivity contribution in [3.8, 4) is 11.5 Å². The second kappa shape index (κ2) is 9.00. The number of carbonyl (C=O) groups is 2. The summed E-state index contributed by atoms with van der Waals surface area (Å²) in [5.74, 6) is 0.928. The van der Waals surface area contributed by atoms with Crippen molar-refractivity contribution >= 4 is 11.7 Å². The van der Waals surface area contributed by atoms with E-state index < -0.39 is 12.0 Å². The summed E-state index contributed by atoms with van der Waals surface area (Å²) in [4.78, 5) is 27.9. The Bertz CT molecular complexity index is 1090. The molecule has 1 amide bonds. The van der Waals surface area contributed by atoms with Crippen molar-refractivity contribution < 1.29 is 19.1 Å². The van der Waals surface area contributed by atoms with Crippen LogP contribution >= 0.6 is 0 Å². The van der Waals surface area contributed by atoms with Gasteiger partial charge in [0.1, 0.15) is 17.6 Å². The molecule has 1 aliphatic rings. The summed E-state index contributed by atoms with van der Waals surface area (Å²) in [6, 6.07) is 14.5. The molecular weight excluding hydrogens is 392 g/mol. The van der Waals surface area contributed by atoms with Crippen LogP contribution in [0.1, 0.15) is 63.3 Å². The van der Waals surface area contributed by atoms with Crippen LogP contribution in [-0.4, -0.2) is 23.3 Å². The summed E-state index contributed by atoms with van der Waals surface area (Å²) in [6.07, 6.45) is 5.01.